The van der Waals surface area contributed by atoms with E-state index in [9.17, 15) is 0 Å². The third kappa shape index (κ3) is 4.73. The molecule has 3 rings (SSSR count). The highest BCUT2D eigenvalue weighted by Crippen LogP contribution is 2.36. The first-order valence-electron chi connectivity index (χ1n) is 10.5. The molecule has 0 spiro atoms. The predicted octanol–water partition coefficient (Wildman–Crippen LogP) is 4.03. The van der Waals surface area contributed by atoms with Gasteiger partial charge in [-0.2, -0.15) is 0 Å². The van der Waals surface area contributed by atoms with Gasteiger partial charge in [0, 0.05) is 18.3 Å². The SMILES string of the molecule is C=C/C(CC)=C(/NC1CCOC1)c1cc(B2OC(C)(C)C(C)(C)O2)c[nH]1.CC. The summed E-state index contributed by atoms with van der Waals surface area (Å²) in [6.07, 6.45) is 5.82. The van der Waals surface area contributed by atoms with Crippen LogP contribution in [0.5, 0.6) is 0 Å². The minimum Gasteiger partial charge on any atom is -0.399 e. The summed E-state index contributed by atoms with van der Waals surface area (Å²) < 4.78 is 17.9. The van der Waals surface area contributed by atoms with Gasteiger partial charge in [0.15, 0.2) is 0 Å². The summed E-state index contributed by atoms with van der Waals surface area (Å²) in [6, 6.07) is 2.44. The number of allylic oxidation sites excluding steroid dienone is 2. The topological polar surface area (TPSA) is 55.5 Å². The van der Waals surface area contributed by atoms with Gasteiger partial charge in [0.2, 0.25) is 0 Å². The predicted molar refractivity (Wildman–Crippen MR) is 118 cm³/mol. The van der Waals surface area contributed by atoms with E-state index in [0.717, 1.165) is 42.9 Å². The molecule has 5 nitrogen and oxygen atoms in total. The molecule has 2 saturated heterocycles. The molecule has 2 aliphatic heterocycles. The first-order chi connectivity index (χ1) is 13.3. The van der Waals surface area contributed by atoms with Crippen molar-refractivity contribution in [1.29, 1.82) is 0 Å². The molecule has 0 saturated carbocycles. The highest BCUT2D eigenvalue weighted by Gasteiger charge is 2.52. The third-order valence-electron chi connectivity index (χ3n) is 5.73. The van der Waals surface area contributed by atoms with Crippen LogP contribution in [0.4, 0.5) is 0 Å². The van der Waals surface area contributed by atoms with Gasteiger partial charge in [-0.25, -0.2) is 0 Å². The maximum Gasteiger partial charge on any atom is 0.496 e. The fraction of sp³-hybridized carbons (Fsp3) is 0.636. The highest BCUT2D eigenvalue weighted by atomic mass is 16.7. The highest BCUT2D eigenvalue weighted by molar-refractivity contribution is 6.62. The first-order valence-corrected chi connectivity index (χ1v) is 10.5. The molecule has 0 radical (unpaired) electrons. The van der Waals surface area contributed by atoms with Crippen LogP contribution in [0.15, 0.2) is 30.5 Å². The molecule has 1 aromatic heterocycles. The van der Waals surface area contributed by atoms with E-state index in [1.165, 1.54) is 5.57 Å². The summed E-state index contributed by atoms with van der Waals surface area (Å²) >= 11 is 0. The van der Waals surface area contributed by atoms with Crippen molar-refractivity contribution >= 4 is 18.3 Å². The second-order valence-corrected chi connectivity index (χ2v) is 8.10. The zero-order valence-corrected chi connectivity index (χ0v) is 18.6. The van der Waals surface area contributed by atoms with Gasteiger partial charge in [0.1, 0.15) is 0 Å². The Kier molecular flexibility index (Phi) is 7.60. The van der Waals surface area contributed by atoms with E-state index in [1.54, 1.807) is 0 Å². The zero-order valence-electron chi connectivity index (χ0n) is 18.6. The first kappa shape index (κ1) is 22.8. The van der Waals surface area contributed by atoms with Gasteiger partial charge in [-0.05, 0) is 52.2 Å². The van der Waals surface area contributed by atoms with Crippen molar-refractivity contribution in [2.24, 2.45) is 0 Å². The molecule has 1 unspecified atom stereocenters. The Labute approximate surface area is 171 Å². The van der Waals surface area contributed by atoms with Gasteiger partial charge in [0.25, 0.3) is 0 Å². The van der Waals surface area contributed by atoms with Crippen molar-refractivity contribution in [1.82, 2.24) is 10.3 Å². The largest absolute Gasteiger partial charge is 0.496 e. The number of hydrogen-bond donors (Lipinski definition) is 2. The fourth-order valence-corrected chi connectivity index (χ4v) is 3.29. The Bertz CT molecular complexity index is 672. The van der Waals surface area contributed by atoms with Gasteiger partial charge >= 0.3 is 7.12 Å². The van der Waals surface area contributed by atoms with Gasteiger partial charge in [-0.3, -0.25) is 0 Å². The molecule has 0 aromatic carbocycles. The second-order valence-electron chi connectivity index (χ2n) is 8.10. The molecule has 6 heteroatoms. The summed E-state index contributed by atoms with van der Waals surface area (Å²) in [5, 5.41) is 3.64. The lowest BCUT2D eigenvalue weighted by atomic mass is 9.81. The van der Waals surface area contributed by atoms with Crippen LogP contribution in [0, 0.1) is 0 Å². The van der Waals surface area contributed by atoms with E-state index in [2.05, 4.69) is 57.6 Å². The minimum absolute atomic E-state index is 0.329. The lowest BCUT2D eigenvalue weighted by Gasteiger charge is -2.32. The zero-order chi connectivity index (χ0) is 20.9. The molecule has 156 valence electrons. The van der Waals surface area contributed by atoms with Crippen LogP contribution >= 0.6 is 0 Å². The van der Waals surface area contributed by atoms with Crippen LogP contribution in [0.1, 0.15) is 67.0 Å². The van der Waals surface area contributed by atoms with E-state index < -0.39 is 0 Å². The van der Waals surface area contributed by atoms with E-state index in [4.69, 9.17) is 14.0 Å². The van der Waals surface area contributed by atoms with Gasteiger partial charge in [0.05, 0.1) is 35.2 Å². The van der Waals surface area contributed by atoms with Crippen molar-refractivity contribution in [3.05, 3.63) is 36.2 Å². The molecular formula is C22H37BN2O3. The summed E-state index contributed by atoms with van der Waals surface area (Å²) in [5.41, 5.74) is 3.60. The van der Waals surface area contributed by atoms with Gasteiger partial charge in [-0.1, -0.05) is 33.4 Å². The second kappa shape index (κ2) is 9.34. The number of aromatic nitrogens is 1. The van der Waals surface area contributed by atoms with Crippen LogP contribution in [-0.2, 0) is 14.0 Å². The number of hydrogen-bond acceptors (Lipinski definition) is 4. The normalized spacial score (nSPS) is 23.7. The molecule has 2 N–H and O–H groups in total. The Morgan fingerprint density at radius 2 is 1.93 bits per heavy atom. The fourth-order valence-electron chi connectivity index (χ4n) is 3.29. The maximum atomic E-state index is 6.17. The van der Waals surface area contributed by atoms with Crippen LogP contribution < -0.4 is 10.8 Å². The molecule has 1 atom stereocenters. The van der Waals surface area contributed by atoms with E-state index in [-0.39, 0.29) is 18.3 Å². The number of ether oxygens (including phenoxy) is 1. The Hall–Kier alpha value is -1.50. The molecule has 0 bridgehead atoms. The summed E-state index contributed by atoms with van der Waals surface area (Å²) in [7, 11) is -0.366. The molecular weight excluding hydrogens is 351 g/mol. The summed E-state index contributed by atoms with van der Waals surface area (Å²) in [4.78, 5) is 3.39. The molecule has 0 amide bonds. The standard InChI is InChI=1S/C20H31BN2O3.C2H6/c1-7-14(8-2)18(23-16-9-10-24-13-16)17-11-15(12-22-17)21-25-19(3,4)20(5,6)26-21;1-2/h7,11-12,16,22-23H,1,8-10,13H2,2-6H3;1-2H3/b18-14-;. The average molecular weight is 388 g/mol. The molecule has 2 aliphatic rings. The van der Waals surface area contributed by atoms with Crippen molar-refractivity contribution < 1.29 is 14.0 Å². The molecule has 0 aliphatic carbocycles. The number of H-pyrrole nitrogens is 1. The van der Waals surface area contributed by atoms with Crippen LogP contribution in [0.3, 0.4) is 0 Å². The van der Waals surface area contributed by atoms with Crippen molar-refractivity contribution in [3.8, 4) is 0 Å². The summed E-state index contributed by atoms with van der Waals surface area (Å²) in [6.45, 7) is 20.0. The van der Waals surface area contributed by atoms with Crippen LogP contribution in [-0.4, -0.2) is 42.6 Å². The lowest BCUT2D eigenvalue weighted by Crippen LogP contribution is -2.41. The third-order valence-corrected chi connectivity index (χ3v) is 5.73. The van der Waals surface area contributed by atoms with E-state index in [0.29, 0.717) is 6.04 Å². The monoisotopic (exact) mass is 388 g/mol. The van der Waals surface area contributed by atoms with Crippen LogP contribution in [0.25, 0.3) is 5.70 Å². The lowest BCUT2D eigenvalue weighted by molar-refractivity contribution is 0.00578. The molecule has 2 fully saturated rings. The smallest absolute Gasteiger partial charge is 0.399 e. The molecule has 28 heavy (non-hydrogen) atoms. The number of nitrogens with one attached hydrogen (secondary N) is 2. The Morgan fingerprint density at radius 3 is 2.43 bits per heavy atom. The number of rotatable bonds is 6. The average Bonchev–Trinajstić information content (AvgIpc) is 3.37. The van der Waals surface area contributed by atoms with Crippen molar-refractivity contribution in [2.75, 3.05) is 13.2 Å². The van der Waals surface area contributed by atoms with E-state index >= 15 is 0 Å². The van der Waals surface area contributed by atoms with Gasteiger partial charge in [-0.15, -0.1) is 0 Å². The molecule has 1 aromatic rings. The van der Waals surface area contributed by atoms with Gasteiger partial charge < -0.3 is 24.3 Å². The summed E-state index contributed by atoms with van der Waals surface area (Å²) in [5.74, 6) is 0. The quantitative estimate of drug-likeness (QED) is 0.571. The van der Waals surface area contributed by atoms with Crippen molar-refractivity contribution in [3.63, 3.8) is 0 Å². The van der Waals surface area contributed by atoms with Crippen LogP contribution in [0.2, 0.25) is 0 Å². The van der Waals surface area contributed by atoms with Crippen molar-refractivity contribution in [2.45, 2.75) is 78.6 Å². The maximum absolute atomic E-state index is 6.17. The molecule has 3 heterocycles. The Morgan fingerprint density at radius 1 is 1.29 bits per heavy atom. The number of aromatic amines is 1. The minimum atomic E-state index is -0.366. The van der Waals surface area contributed by atoms with E-state index in [1.807, 2.05) is 26.1 Å². The Balaban J connectivity index is 0.00000136.